The van der Waals surface area contributed by atoms with Gasteiger partial charge in [0.15, 0.2) is 0 Å². The molecule has 2 saturated heterocycles. The van der Waals surface area contributed by atoms with Gasteiger partial charge < -0.3 is 20.3 Å². The molecule has 10 heteroatoms. The Kier molecular flexibility index (Phi) is 7.67. The van der Waals surface area contributed by atoms with E-state index in [1.54, 1.807) is 17.0 Å². The molecule has 1 saturated carbocycles. The van der Waals surface area contributed by atoms with Crippen LogP contribution in [0.3, 0.4) is 0 Å². The normalized spacial score (nSPS) is 20.5. The second kappa shape index (κ2) is 11.1. The van der Waals surface area contributed by atoms with E-state index in [0.29, 0.717) is 21.4 Å². The molecule has 0 bridgehead atoms. The average Bonchev–Trinajstić information content (AvgIpc) is 3.65. The number of nitrogens with zero attached hydrogens (tertiary/aromatic N) is 2. The van der Waals surface area contributed by atoms with Gasteiger partial charge in [0.05, 0.1) is 33.7 Å². The fourth-order valence-electron chi connectivity index (χ4n) is 5.19. The number of benzene rings is 1. The van der Waals surface area contributed by atoms with Crippen molar-refractivity contribution >= 4 is 57.9 Å². The number of carbonyl (C=O) groups is 3. The van der Waals surface area contributed by atoms with Gasteiger partial charge in [0.1, 0.15) is 6.10 Å². The van der Waals surface area contributed by atoms with E-state index in [-0.39, 0.29) is 24.3 Å². The Morgan fingerprint density at radius 2 is 1.83 bits per heavy atom. The number of hydrogen-bond donors (Lipinski definition) is 2. The number of nitrogens with one attached hydrogen (secondary N) is 2. The molecule has 8 nitrogen and oxygen atoms in total. The lowest BCUT2D eigenvalue weighted by Gasteiger charge is -2.31. The topological polar surface area (TPSA) is 91.0 Å². The second-order valence-electron chi connectivity index (χ2n) is 9.65. The number of amides is 3. The van der Waals surface area contributed by atoms with Crippen molar-refractivity contribution in [3.63, 3.8) is 0 Å². The Labute approximate surface area is 219 Å². The van der Waals surface area contributed by atoms with Crippen LogP contribution in [-0.2, 0) is 9.53 Å². The summed E-state index contributed by atoms with van der Waals surface area (Å²) in [7, 11) is 0. The van der Waals surface area contributed by atoms with Gasteiger partial charge in [-0.3, -0.25) is 14.5 Å². The molecule has 0 radical (unpaired) electrons. The van der Waals surface area contributed by atoms with Crippen molar-refractivity contribution < 1.29 is 19.1 Å². The van der Waals surface area contributed by atoms with Gasteiger partial charge >= 0.3 is 6.09 Å². The summed E-state index contributed by atoms with van der Waals surface area (Å²) in [5, 5.41) is 5.99. The third-order valence-electron chi connectivity index (χ3n) is 7.13. The first-order valence-electron chi connectivity index (χ1n) is 12.7. The van der Waals surface area contributed by atoms with Crippen molar-refractivity contribution in [3.05, 3.63) is 39.5 Å². The summed E-state index contributed by atoms with van der Waals surface area (Å²) < 4.78 is 6.06. The minimum Gasteiger partial charge on any atom is -0.442 e. The number of rotatable bonds is 7. The summed E-state index contributed by atoms with van der Waals surface area (Å²) in [5.74, 6) is -0.142. The number of thiophene rings is 1. The molecule has 3 amide bonds. The van der Waals surface area contributed by atoms with Crippen LogP contribution in [0.1, 0.15) is 54.6 Å². The van der Waals surface area contributed by atoms with E-state index in [9.17, 15) is 14.4 Å². The zero-order chi connectivity index (χ0) is 25.1. The van der Waals surface area contributed by atoms with Crippen LogP contribution in [0.25, 0.3) is 0 Å². The third-order valence-corrected chi connectivity index (χ3v) is 8.36. The SMILES string of the molecule is O=C(NC[C@@H]1CN(c2ccc(N3CCCCC3)c(NC(=O)C3CCCC3)c2)C(=O)O1)c1ccc(Cl)s1. The molecule has 1 atom stereocenters. The van der Waals surface area contributed by atoms with Gasteiger partial charge in [-0.25, -0.2) is 4.79 Å². The molecule has 1 aromatic carbocycles. The number of halogens is 1. The van der Waals surface area contributed by atoms with Gasteiger partial charge in [0.2, 0.25) is 5.91 Å². The molecule has 1 aliphatic carbocycles. The zero-order valence-electron chi connectivity index (χ0n) is 20.1. The van der Waals surface area contributed by atoms with Crippen molar-refractivity contribution in [3.8, 4) is 0 Å². The van der Waals surface area contributed by atoms with Crippen LogP contribution >= 0.6 is 22.9 Å². The summed E-state index contributed by atoms with van der Waals surface area (Å²) in [6.07, 6.45) is 6.56. The van der Waals surface area contributed by atoms with Crippen molar-refractivity contribution in [1.82, 2.24) is 5.32 Å². The molecule has 192 valence electrons. The summed E-state index contributed by atoms with van der Waals surface area (Å²) in [6.45, 7) is 2.42. The van der Waals surface area contributed by atoms with Crippen LogP contribution in [0.15, 0.2) is 30.3 Å². The number of anilines is 3. The Balaban J connectivity index is 1.29. The Hall–Kier alpha value is -2.78. The molecule has 3 heterocycles. The Morgan fingerprint density at radius 1 is 1.06 bits per heavy atom. The molecule has 5 rings (SSSR count). The minimum atomic E-state index is -0.477. The van der Waals surface area contributed by atoms with Crippen LogP contribution in [0.5, 0.6) is 0 Å². The summed E-state index contributed by atoms with van der Waals surface area (Å²) >= 11 is 7.11. The van der Waals surface area contributed by atoms with Crippen LogP contribution in [-0.4, -0.2) is 50.2 Å². The molecule has 2 N–H and O–H groups in total. The smallest absolute Gasteiger partial charge is 0.414 e. The number of hydrogen-bond acceptors (Lipinski definition) is 6. The lowest BCUT2D eigenvalue weighted by molar-refractivity contribution is -0.119. The van der Waals surface area contributed by atoms with Crippen LogP contribution < -0.4 is 20.4 Å². The van der Waals surface area contributed by atoms with E-state index in [1.807, 2.05) is 18.2 Å². The predicted molar refractivity (Wildman–Crippen MR) is 142 cm³/mol. The number of carbonyl (C=O) groups excluding carboxylic acids is 3. The molecule has 0 spiro atoms. The first kappa shape index (κ1) is 24.9. The second-order valence-corrected chi connectivity index (χ2v) is 11.4. The van der Waals surface area contributed by atoms with Gasteiger partial charge in [0.25, 0.3) is 5.91 Å². The number of ether oxygens (including phenoxy) is 1. The minimum absolute atomic E-state index is 0.0471. The molecule has 36 heavy (non-hydrogen) atoms. The third kappa shape index (κ3) is 5.62. The molecule has 1 aromatic heterocycles. The quantitative estimate of drug-likeness (QED) is 0.508. The fraction of sp³-hybridized carbons (Fsp3) is 0.500. The summed E-state index contributed by atoms with van der Waals surface area (Å²) in [6, 6.07) is 9.13. The zero-order valence-corrected chi connectivity index (χ0v) is 21.7. The Bertz CT molecular complexity index is 1130. The average molecular weight is 531 g/mol. The number of cyclic esters (lactones) is 1. The van der Waals surface area contributed by atoms with Crippen LogP contribution in [0.2, 0.25) is 4.34 Å². The molecule has 2 aromatic rings. The fourth-order valence-corrected chi connectivity index (χ4v) is 6.15. The first-order valence-corrected chi connectivity index (χ1v) is 13.9. The van der Waals surface area contributed by atoms with E-state index in [1.165, 1.54) is 17.8 Å². The highest BCUT2D eigenvalue weighted by Gasteiger charge is 2.33. The van der Waals surface area contributed by atoms with Crippen molar-refractivity contribution in [2.45, 2.75) is 51.0 Å². The highest BCUT2D eigenvalue weighted by atomic mass is 35.5. The van der Waals surface area contributed by atoms with Crippen LogP contribution in [0.4, 0.5) is 21.9 Å². The Morgan fingerprint density at radius 3 is 2.56 bits per heavy atom. The van der Waals surface area contributed by atoms with E-state index >= 15 is 0 Å². The largest absolute Gasteiger partial charge is 0.442 e. The molecule has 2 aliphatic heterocycles. The van der Waals surface area contributed by atoms with Crippen molar-refractivity contribution in [2.24, 2.45) is 5.92 Å². The molecule has 0 unspecified atom stereocenters. The van der Waals surface area contributed by atoms with E-state index in [4.69, 9.17) is 16.3 Å². The van der Waals surface area contributed by atoms with Crippen molar-refractivity contribution in [2.75, 3.05) is 41.3 Å². The van der Waals surface area contributed by atoms with E-state index in [0.717, 1.165) is 63.0 Å². The van der Waals surface area contributed by atoms with Crippen LogP contribution in [0, 0.1) is 5.92 Å². The van der Waals surface area contributed by atoms with Gasteiger partial charge in [-0.1, -0.05) is 24.4 Å². The van der Waals surface area contributed by atoms with Gasteiger partial charge in [-0.05, 0) is 62.4 Å². The van der Waals surface area contributed by atoms with Gasteiger partial charge in [-0.15, -0.1) is 11.3 Å². The highest BCUT2D eigenvalue weighted by Crippen LogP contribution is 2.35. The lowest BCUT2D eigenvalue weighted by atomic mass is 10.1. The first-order chi connectivity index (χ1) is 17.5. The van der Waals surface area contributed by atoms with Gasteiger partial charge in [0, 0.05) is 24.7 Å². The molecular formula is C26H31ClN4O4S. The maximum Gasteiger partial charge on any atom is 0.414 e. The number of piperidine rings is 1. The maximum atomic E-state index is 13.0. The van der Waals surface area contributed by atoms with Crippen molar-refractivity contribution in [1.29, 1.82) is 0 Å². The van der Waals surface area contributed by atoms with E-state index < -0.39 is 12.2 Å². The monoisotopic (exact) mass is 530 g/mol. The molecule has 3 aliphatic rings. The molecule has 3 fully saturated rings. The predicted octanol–water partition coefficient (Wildman–Crippen LogP) is 5.28. The lowest BCUT2D eigenvalue weighted by Crippen LogP contribution is -2.34. The highest BCUT2D eigenvalue weighted by molar-refractivity contribution is 7.18. The maximum absolute atomic E-state index is 13.0. The van der Waals surface area contributed by atoms with Gasteiger partial charge in [-0.2, -0.15) is 0 Å². The summed E-state index contributed by atoms with van der Waals surface area (Å²) in [5.41, 5.74) is 2.41. The molecular weight excluding hydrogens is 500 g/mol. The standard InChI is InChI=1S/C26H31ClN4O4S/c27-23-11-10-22(36-23)25(33)28-15-19-16-31(26(34)35-19)18-8-9-21(30-12-4-1-5-13-30)20(14-18)29-24(32)17-6-2-3-7-17/h8-11,14,17,19H,1-7,12-13,15-16H2,(H,28,33)(H,29,32)/t19-/m1/s1. The summed E-state index contributed by atoms with van der Waals surface area (Å²) in [4.78, 5) is 42.4. The van der Waals surface area contributed by atoms with E-state index in [2.05, 4.69) is 15.5 Å².